The maximum absolute atomic E-state index is 14.0. The zero-order valence-electron chi connectivity index (χ0n) is 15.2. The van der Waals surface area contributed by atoms with E-state index in [0.29, 0.717) is 35.7 Å². The Labute approximate surface area is 176 Å². The van der Waals surface area contributed by atoms with Crippen molar-refractivity contribution in [2.24, 2.45) is 0 Å². The van der Waals surface area contributed by atoms with Crippen molar-refractivity contribution in [1.29, 1.82) is 0 Å². The van der Waals surface area contributed by atoms with Crippen LogP contribution in [0.1, 0.15) is 22.0 Å². The molecule has 8 heteroatoms. The number of carbonyl (C=O) groups is 2. The first-order valence-electron chi connectivity index (χ1n) is 8.72. The fraction of sp³-hybridized carbons (Fsp3) is 0.300. The number of benzene rings is 2. The second kappa shape index (κ2) is 9.03. The lowest BCUT2D eigenvalue weighted by Gasteiger charge is -2.38. The smallest absolute Gasteiger partial charge is 0.327 e. The number of esters is 1. The number of hydrogen-bond donors (Lipinski definition) is 0. The number of ether oxygens (including phenoxy) is 1. The number of rotatable bonds is 4. The Balaban J connectivity index is 1.73. The van der Waals surface area contributed by atoms with E-state index < -0.39 is 11.9 Å². The summed E-state index contributed by atoms with van der Waals surface area (Å²) in [5, 5.41) is 0.582. The van der Waals surface area contributed by atoms with Gasteiger partial charge in [-0.15, -0.1) is 0 Å². The first-order valence-corrected chi connectivity index (χ1v) is 9.89. The summed E-state index contributed by atoms with van der Waals surface area (Å²) in [6.07, 6.45) is 0. The van der Waals surface area contributed by atoms with Crippen molar-refractivity contribution in [3.05, 3.63) is 68.9 Å². The van der Waals surface area contributed by atoms with Crippen LogP contribution in [0.2, 0.25) is 5.02 Å². The van der Waals surface area contributed by atoms with E-state index in [1.54, 1.807) is 35.2 Å². The average molecular weight is 470 g/mol. The monoisotopic (exact) mass is 468 g/mol. The summed E-state index contributed by atoms with van der Waals surface area (Å²) in [7, 11) is 1.35. The molecule has 0 radical (unpaired) electrons. The van der Waals surface area contributed by atoms with Gasteiger partial charge in [0.1, 0.15) is 11.9 Å². The second-order valence-electron chi connectivity index (χ2n) is 6.43. The van der Waals surface area contributed by atoms with Gasteiger partial charge in [0.2, 0.25) is 0 Å². The van der Waals surface area contributed by atoms with Crippen LogP contribution in [0.25, 0.3) is 0 Å². The number of hydrogen-bond acceptors (Lipinski definition) is 4. The van der Waals surface area contributed by atoms with Crippen LogP contribution < -0.4 is 0 Å². The SMILES string of the molecule is COC(=O)C(c1ccc(Cl)cc1)N1CCN(C(=O)c2cc(Br)ccc2F)CC1. The lowest BCUT2D eigenvalue weighted by Crippen LogP contribution is -2.51. The molecule has 5 nitrogen and oxygen atoms in total. The highest BCUT2D eigenvalue weighted by molar-refractivity contribution is 9.10. The highest BCUT2D eigenvalue weighted by Crippen LogP contribution is 2.26. The Bertz CT molecular complexity index is 870. The summed E-state index contributed by atoms with van der Waals surface area (Å²) < 4.78 is 19.7. The zero-order valence-corrected chi connectivity index (χ0v) is 17.5. The molecular formula is C20H19BrClFN2O3. The molecule has 1 fully saturated rings. The Hall–Kier alpha value is -1.96. The lowest BCUT2D eigenvalue weighted by atomic mass is 10.0. The first-order chi connectivity index (χ1) is 13.4. The molecule has 2 aromatic rings. The molecule has 0 aromatic heterocycles. The molecule has 1 aliphatic rings. The minimum Gasteiger partial charge on any atom is -0.468 e. The summed E-state index contributed by atoms with van der Waals surface area (Å²) >= 11 is 9.21. The zero-order chi connectivity index (χ0) is 20.3. The van der Waals surface area contributed by atoms with Gasteiger partial charge in [-0.2, -0.15) is 0 Å². The molecule has 1 aliphatic heterocycles. The molecular weight excluding hydrogens is 451 g/mol. The minimum atomic E-state index is -0.581. The normalized spacial score (nSPS) is 15.9. The van der Waals surface area contributed by atoms with Gasteiger partial charge >= 0.3 is 5.97 Å². The summed E-state index contributed by atoms with van der Waals surface area (Å²) in [6.45, 7) is 1.69. The number of nitrogens with zero attached hydrogens (tertiary/aromatic N) is 2. The van der Waals surface area contributed by atoms with Crippen molar-refractivity contribution in [2.75, 3.05) is 33.3 Å². The molecule has 0 N–H and O–H groups in total. The lowest BCUT2D eigenvalue weighted by molar-refractivity contribution is -0.148. The van der Waals surface area contributed by atoms with E-state index in [2.05, 4.69) is 15.9 Å². The van der Waals surface area contributed by atoms with E-state index in [-0.39, 0.29) is 17.4 Å². The molecule has 2 aromatic carbocycles. The number of amides is 1. The van der Waals surface area contributed by atoms with Crippen molar-refractivity contribution in [3.63, 3.8) is 0 Å². The van der Waals surface area contributed by atoms with Crippen molar-refractivity contribution < 1.29 is 18.7 Å². The van der Waals surface area contributed by atoms with Crippen molar-refractivity contribution in [2.45, 2.75) is 6.04 Å². The third-order valence-corrected chi connectivity index (χ3v) is 5.48. The second-order valence-corrected chi connectivity index (χ2v) is 7.78. The molecule has 1 heterocycles. The fourth-order valence-corrected chi connectivity index (χ4v) is 3.75. The van der Waals surface area contributed by atoms with E-state index in [0.717, 1.165) is 5.56 Å². The molecule has 148 valence electrons. The number of piperazine rings is 1. The van der Waals surface area contributed by atoms with Crippen LogP contribution in [0, 0.1) is 5.82 Å². The maximum Gasteiger partial charge on any atom is 0.327 e. The van der Waals surface area contributed by atoms with Gasteiger partial charge < -0.3 is 9.64 Å². The van der Waals surface area contributed by atoms with Gasteiger partial charge in [-0.1, -0.05) is 39.7 Å². The third kappa shape index (κ3) is 4.54. The molecule has 28 heavy (non-hydrogen) atoms. The molecule has 1 amide bonds. The number of methoxy groups -OCH3 is 1. The molecule has 0 spiro atoms. The van der Waals surface area contributed by atoms with Gasteiger partial charge in [-0.3, -0.25) is 9.69 Å². The topological polar surface area (TPSA) is 49.9 Å². The molecule has 1 atom stereocenters. The van der Waals surface area contributed by atoms with E-state index in [9.17, 15) is 14.0 Å². The van der Waals surface area contributed by atoms with Crippen LogP contribution in [0.3, 0.4) is 0 Å². The van der Waals surface area contributed by atoms with Gasteiger partial charge in [0, 0.05) is 35.7 Å². The largest absolute Gasteiger partial charge is 0.468 e. The summed E-state index contributed by atoms with van der Waals surface area (Å²) in [5.41, 5.74) is 0.805. The van der Waals surface area contributed by atoms with Gasteiger partial charge in [-0.05, 0) is 35.9 Å². The molecule has 1 saturated heterocycles. The van der Waals surface area contributed by atoms with Crippen LogP contribution >= 0.6 is 27.5 Å². The maximum atomic E-state index is 14.0. The Morgan fingerprint density at radius 3 is 2.36 bits per heavy atom. The fourth-order valence-electron chi connectivity index (χ4n) is 3.27. The van der Waals surface area contributed by atoms with Crippen LogP contribution in [0.5, 0.6) is 0 Å². The predicted molar refractivity (Wildman–Crippen MR) is 108 cm³/mol. The first kappa shape index (κ1) is 20.8. The van der Waals surface area contributed by atoms with Crippen LogP contribution in [-0.2, 0) is 9.53 Å². The van der Waals surface area contributed by atoms with E-state index >= 15 is 0 Å². The summed E-state index contributed by atoms with van der Waals surface area (Å²) in [5.74, 6) is -1.29. The minimum absolute atomic E-state index is 0.0324. The summed E-state index contributed by atoms with van der Waals surface area (Å²) in [4.78, 5) is 28.6. The van der Waals surface area contributed by atoms with Gasteiger partial charge in [-0.25, -0.2) is 9.18 Å². The number of halogens is 3. The standard InChI is InChI=1S/C20H19BrClFN2O3/c1-28-20(27)18(13-2-5-15(22)6-3-13)24-8-10-25(11-9-24)19(26)16-12-14(21)4-7-17(16)23/h2-7,12,18H,8-11H2,1H3. The molecule has 0 saturated carbocycles. The predicted octanol–water partition coefficient (Wildman–Crippen LogP) is 3.91. The highest BCUT2D eigenvalue weighted by Gasteiger charge is 2.33. The quantitative estimate of drug-likeness (QED) is 0.637. The Morgan fingerprint density at radius 2 is 1.75 bits per heavy atom. The molecule has 0 bridgehead atoms. The van der Waals surface area contributed by atoms with Crippen LogP contribution in [0.4, 0.5) is 4.39 Å². The number of carbonyl (C=O) groups excluding carboxylic acids is 2. The average Bonchev–Trinajstić information content (AvgIpc) is 2.71. The molecule has 3 rings (SSSR count). The highest BCUT2D eigenvalue weighted by atomic mass is 79.9. The van der Waals surface area contributed by atoms with E-state index in [1.807, 2.05) is 4.90 Å². The molecule has 0 aliphatic carbocycles. The summed E-state index contributed by atoms with van der Waals surface area (Å²) in [6, 6.07) is 10.7. The van der Waals surface area contributed by atoms with Gasteiger partial charge in [0.25, 0.3) is 5.91 Å². The van der Waals surface area contributed by atoms with Crippen LogP contribution in [0.15, 0.2) is 46.9 Å². The Morgan fingerprint density at radius 1 is 1.11 bits per heavy atom. The third-order valence-electron chi connectivity index (χ3n) is 4.74. The van der Waals surface area contributed by atoms with Crippen molar-refractivity contribution in [3.8, 4) is 0 Å². The van der Waals surface area contributed by atoms with E-state index in [4.69, 9.17) is 16.3 Å². The van der Waals surface area contributed by atoms with E-state index in [1.165, 1.54) is 19.2 Å². The molecule has 1 unspecified atom stereocenters. The van der Waals surface area contributed by atoms with Crippen LogP contribution in [-0.4, -0.2) is 55.0 Å². The Kier molecular flexibility index (Phi) is 6.69. The van der Waals surface area contributed by atoms with Crippen molar-refractivity contribution in [1.82, 2.24) is 9.80 Å². The van der Waals surface area contributed by atoms with Gasteiger partial charge in [0.05, 0.1) is 12.7 Å². The van der Waals surface area contributed by atoms with Gasteiger partial charge in [0.15, 0.2) is 0 Å². The van der Waals surface area contributed by atoms with Crippen molar-refractivity contribution >= 4 is 39.4 Å².